The monoisotopic (exact) mass is 680 g/mol. The lowest BCUT2D eigenvalue weighted by molar-refractivity contribution is -0.149. The van der Waals surface area contributed by atoms with Crippen LogP contribution in [0.25, 0.3) is 0 Å². The Balaban J connectivity index is 2.68. The molecule has 0 aliphatic heterocycles. The van der Waals surface area contributed by atoms with Crippen LogP contribution < -0.4 is 22.4 Å². The molecular formula is C34H56N4O10. The molecule has 0 atom stereocenters. The highest BCUT2D eigenvalue weighted by atomic mass is 16.6. The van der Waals surface area contributed by atoms with Gasteiger partial charge in [0.1, 0.15) is 19.0 Å². The van der Waals surface area contributed by atoms with Gasteiger partial charge in [-0.3, -0.25) is 4.79 Å². The number of ether oxygens (including phenoxy) is 3. The molecule has 0 bridgehead atoms. The van der Waals surface area contributed by atoms with Crippen molar-refractivity contribution in [2.24, 2.45) is 0 Å². The zero-order valence-electron chi connectivity index (χ0n) is 29.0. The van der Waals surface area contributed by atoms with E-state index in [1.54, 1.807) is 13.8 Å². The van der Waals surface area contributed by atoms with Crippen LogP contribution in [0.3, 0.4) is 0 Å². The molecule has 0 aliphatic rings. The summed E-state index contributed by atoms with van der Waals surface area (Å²) in [6.45, 7) is 7.95. The van der Waals surface area contributed by atoms with Gasteiger partial charge in [0.2, 0.25) is 0 Å². The van der Waals surface area contributed by atoms with E-state index in [-0.39, 0.29) is 51.0 Å². The van der Waals surface area contributed by atoms with Gasteiger partial charge in [-0.05, 0) is 52.4 Å². The van der Waals surface area contributed by atoms with Crippen LogP contribution in [0.2, 0.25) is 0 Å². The minimum Gasteiger partial charge on any atom is -0.462 e. The smallest absolute Gasteiger partial charge is 0.407 e. The fourth-order valence-electron chi connectivity index (χ4n) is 5.05. The first-order valence-electron chi connectivity index (χ1n) is 17.4. The number of hydrogen-bond acceptors (Lipinski definition) is 10. The number of esters is 2. The average molecular weight is 681 g/mol. The van der Waals surface area contributed by atoms with E-state index in [1.165, 1.54) is 4.57 Å². The highest BCUT2D eigenvalue weighted by Gasteiger charge is 2.15. The number of Topliss-reactive ketones (excluding diaryl/α,β-unsaturated/α-hetero) is 1. The van der Waals surface area contributed by atoms with Gasteiger partial charge in [0.15, 0.2) is 0 Å². The van der Waals surface area contributed by atoms with E-state index in [0.29, 0.717) is 45.3 Å². The second kappa shape index (κ2) is 26.0. The Labute approximate surface area is 282 Å². The minimum absolute atomic E-state index is 0.0113. The lowest BCUT2D eigenvalue weighted by Crippen LogP contribution is -2.54. The summed E-state index contributed by atoms with van der Waals surface area (Å²) in [4.78, 5) is 85.3. The van der Waals surface area contributed by atoms with Crippen LogP contribution in [0.15, 0.2) is 27.0 Å². The van der Waals surface area contributed by atoms with E-state index < -0.39 is 29.1 Å². The number of carbonyl (C=O) groups excluding carboxylic acids is 4. The van der Waals surface area contributed by atoms with Crippen LogP contribution in [0.1, 0.15) is 117 Å². The number of rotatable bonds is 28. The van der Waals surface area contributed by atoms with Crippen molar-refractivity contribution in [3.8, 4) is 0 Å². The standard InChI is InChI=1S/C34H56N4O10/c1-4-29(40)47-26-27-48-30(41)21-15-9-7-12-18-24-37-32(43)36(23-17-11-6-8-14-20-28(3)39)33(44)38(34(37)45)25-19-13-10-16-22-35-31(42)46-5-2/h4H,1,5-27H2,2-3H3,(H,35,42). The fraction of sp³-hybridized carbons (Fsp3) is 0.735. The molecule has 0 aliphatic carbocycles. The number of carbonyl (C=O) groups is 4. The first-order chi connectivity index (χ1) is 23.1. The zero-order chi connectivity index (χ0) is 35.6. The van der Waals surface area contributed by atoms with Gasteiger partial charge in [-0.15, -0.1) is 0 Å². The van der Waals surface area contributed by atoms with Gasteiger partial charge in [-0.2, -0.15) is 0 Å². The van der Waals surface area contributed by atoms with E-state index in [1.807, 2.05) is 0 Å². The number of amides is 1. The van der Waals surface area contributed by atoms with Crippen molar-refractivity contribution < 1.29 is 33.4 Å². The van der Waals surface area contributed by atoms with Gasteiger partial charge in [-0.1, -0.05) is 57.9 Å². The summed E-state index contributed by atoms with van der Waals surface area (Å²) in [5.41, 5.74) is -1.78. The molecule has 1 N–H and O–H groups in total. The van der Waals surface area contributed by atoms with E-state index in [2.05, 4.69) is 11.9 Å². The number of unbranched alkanes of at least 4 members (excludes halogenated alkanes) is 11. The van der Waals surface area contributed by atoms with Crippen LogP contribution >= 0.6 is 0 Å². The third-order valence-corrected chi connectivity index (χ3v) is 7.67. The first kappa shape index (κ1) is 42.1. The lowest BCUT2D eigenvalue weighted by atomic mass is 10.1. The van der Waals surface area contributed by atoms with Gasteiger partial charge in [0.25, 0.3) is 0 Å². The maximum atomic E-state index is 13.3. The highest BCUT2D eigenvalue weighted by Crippen LogP contribution is 2.08. The summed E-state index contributed by atoms with van der Waals surface area (Å²) in [7, 11) is 0. The summed E-state index contributed by atoms with van der Waals surface area (Å²) >= 11 is 0. The van der Waals surface area contributed by atoms with E-state index >= 15 is 0 Å². The van der Waals surface area contributed by atoms with Crippen molar-refractivity contribution in [2.45, 2.75) is 136 Å². The summed E-state index contributed by atoms with van der Waals surface area (Å²) in [6.07, 6.45) is 11.7. The Hall–Kier alpha value is -3.97. The molecule has 14 nitrogen and oxygen atoms in total. The minimum atomic E-state index is -0.601. The number of aromatic nitrogens is 3. The number of hydrogen-bond donors (Lipinski definition) is 1. The Morgan fingerprint density at radius 2 is 1.06 bits per heavy atom. The van der Waals surface area contributed by atoms with Gasteiger partial charge in [0, 0.05) is 45.1 Å². The van der Waals surface area contributed by atoms with E-state index in [4.69, 9.17) is 14.2 Å². The maximum absolute atomic E-state index is 13.3. The fourth-order valence-corrected chi connectivity index (χ4v) is 5.05. The van der Waals surface area contributed by atoms with E-state index in [0.717, 1.165) is 79.4 Å². The van der Waals surface area contributed by atoms with Crippen LogP contribution in [0, 0.1) is 0 Å². The molecule has 1 rings (SSSR count). The Bertz CT molecular complexity index is 1310. The largest absolute Gasteiger partial charge is 0.462 e. The van der Waals surface area contributed by atoms with Gasteiger partial charge in [-0.25, -0.2) is 37.7 Å². The van der Waals surface area contributed by atoms with Crippen molar-refractivity contribution in [1.29, 1.82) is 0 Å². The Morgan fingerprint density at radius 1 is 0.625 bits per heavy atom. The number of ketones is 1. The molecule has 1 heterocycles. The van der Waals surface area contributed by atoms with E-state index in [9.17, 15) is 33.6 Å². The van der Waals surface area contributed by atoms with Crippen molar-refractivity contribution in [2.75, 3.05) is 26.4 Å². The summed E-state index contributed by atoms with van der Waals surface area (Å²) in [5, 5.41) is 2.67. The SMILES string of the molecule is C=CC(=O)OCCOC(=O)CCCCCCCn1c(=O)n(CCCCCCCC(C)=O)c(=O)n(CCCCCCNC(=O)OCC)c1=O. The topological polar surface area (TPSA) is 174 Å². The van der Waals surface area contributed by atoms with Gasteiger partial charge in [0.05, 0.1) is 6.61 Å². The van der Waals surface area contributed by atoms with Crippen molar-refractivity contribution in [3.05, 3.63) is 44.1 Å². The molecule has 0 aromatic carbocycles. The first-order valence-corrected chi connectivity index (χ1v) is 17.4. The molecule has 0 saturated heterocycles. The van der Waals surface area contributed by atoms with Crippen LogP contribution in [-0.2, 0) is 48.2 Å². The van der Waals surface area contributed by atoms with Gasteiger partial charge >= 0.3 is 35.1 Å². The molecule has 0 fully saturated rings. The Morgan fingerprint density at radius 3 is 1.54 bits per heavy atom. The Kier molecular flexibility index (Phi) is 22.8. The third-order valence-electron chi connectivity index (χ3n) is 7.67. The number of nitrogens with zero attached hydrogens (tertiary/aromatic N) is 3. The quantitative estimate of drug-likeness (QED) is 0.0589. The van der Waals surface area contributed by atoms with Crippen LogP contribution in [0.4, 0.5) is 4.79 Å². The molecule has 0 saturated carbocycles. The van der Waals surface area contributed by atoms with Crippen molar-refractivity contribution >= 4 is 23.8 Å². The number of nitrogens with one attached hydrogen (secondary N) is 1. The second-order valence-corrected chi connectivity index (χ2v) is 11.7. The molecule has 48 heavy (non-hydrogen) atoms. The summed E-state index contributed by atoms with van der Waals surface area (Å²) in [5.74, 6) is -0.781. The highest BCUT2D eigenvalue weighted by molar-refractivity contribution is 5.81. The predicted octanol–water partition coefficient (Wildman–Crippen LogP) is 4.02. The molecule has 0 unspecified atom stereocenters. The zero-order valence-corrected chi connectivity index (χ0v) is 29.0. The molecule has 1 aromatic rings. The maximum Gasteiger partial charge on any atom is 0.407 e. The third kappa shape index (κ3) is 18.4. The molecule has 272 valence electrons. The summed E-state index contributed by atoms with van der Waals surface area (Å²) < 4.78 is 18.1. The van der Waals surface area contributed by atoms with Gasteiger partial charge < -0.3 is 24.3 Å². The van der Waals surface area contributed by atoms with Crippen molar-refractivity contribution in [3.63, 3.8) is 0 Å². The van der Waals surface area contributed by atoms with Crippen molar-refractivity contribution in [1.82, 2.24) is 19.0 Å². The lowest BCUT2D eigenvalue weighted by Gasteiger charge is -2.14. The molecule has 0 spiro atoms. The van der Waals surface area contributed by atoms with Crippen LogP contribution in [0.5, 0.6) is 0 Å². The molecule has 1 aromatic heterocycles. The molecular weight excluding hydrogens is 624 g/mol. The molecule has 0 radical (unpaired) electrons. The molecule has 14 heteroatoms. The normalized spacial score (nSPS) is 10.8. The predicted molar refractivity (Wildman–Crippen MR) is 181 cm³/mol. The molecule has 1 amide bonds. The summed E-state index contributed by atoms with van der Waals surface area (Å²) in [6, 6.07) is 0. The average Bonchev–Trinajstić information content (AvgIpc) is 3.05. The van der Waals surface area contributed by atoms with Crippen LogP contribution in [-0.4, -0.2) is 63.9 Å². The number of alkyl carbamates (subject to hydrolysis) is 1. The second-order valence-electron chi connectivity index (χ2n) is 11.7.